The third kappa shape index (κ3) is 5.82. The summed E-state index contributed by atoms with van der Waals surface area (Å²) in [5, 5.41) is 2.96. The first-order valence-electron chi connectivity index (χ1n) is 12.2. The predicted octanol–water partition coefficient (Wildman–Crippen LogP) is 4.77. The molecule has 3 aromatic carbocycles. The van der Waals surface area contributed by atoms with Crippen LogP contribution in [0.25, 0.3) is 22.6 Å². The number of benzene rings is 3. The molecule has 7 nitrogen and oxygen atoms in total. The first-order valence-corrected chi connectivity index (χ1v) is 12.2. The molecule has 0 spiro atoms. The quantitative estimate of drug-likeness (QED) is 0.390. The predicted molar refractivity (Wildman–Crippen MR) is 141 cm³/mol. The zero-order valence-corrected chi connectivity index (χ0v) is 20.4. The first kappa shape index (κ1) is 23.8. The summed E-state index contributed by atoms with van der Waals surface area (Å²) in [7, 11) is 1.62. The topological polar surface area (TPSA) is 70.8 Å². The summed E-state index contributed by atoms with van der Waals surface area (Å²) in [6.07, 6.45) is 0. The highest BCUT2D eigenvalue weighted by molar-refractivity contribution is 5.92. The molecular weight excluding hydrogens is 452 g/mol. The molecule has 0 unspecified atom stereocenters. The van der Waals surface area contributed by atoms with Gasteiger partial charge in [0, 0.05) is 43.0 Å². The number of carbonyl (C=O) groups excluding carboxylic acids is 1. The number of nitrogens with one attached hydrogen (secondary N) is 1. The molecule has 1 fully saturated rings. The second kappa shape index (κ2) is 11.2. The standard InChI is InChI=1S/C29H30N4O3/c1-35-25-14-12-24(13-15-25)30-26(34)20-32-16-18-33(19-17-32)21-27-31-28(22-8-4-2-5-9-22)29(36-27)23-10-6-3-7-11-23/h2-15H,16-21H2,1H3,(H,30,34). The van der Waals surface area contributed by atoms with E-state index in [1.54, 1.807) is 7.11 Å². The maximum atomic E-state index is 12.5. The molecule has 0 saturated carbocycles. The van der Waals surface area contributed by atoms with Gasteiger partial charge >= 0.3 is 0 Å². The fourth-order valence-electron chi connectivity index (χ4n) is 4.38. The summed E-state index contributed by atoms with van der Waals surface area (Å²) in [5.74, 6) is 2.26. The number of piperazine rings is 1. The summed E-state index contributed by atoms with van der Waals surface area (Å²) in [6, 6.07) is 27.6. The number of rotatable bonds is 8. The van der Waals surface area contributed by atoms with Gasteiger partial charge in [0.15, 0.2) is 5.76 Å². The summed E-state index contributed by atoms with van der Waals surface area (Å²) < 4.78 is 11.5. The molecule has 1 aliphatic rings. The Kier molecular flexibility index (Phi) is 7.40. The van der Waals surface area contributed by atoms with Crippen molar-refractivity contribution in [1.82, 2.24) is 14.8 Å². The lowest BCUT2D eigenvalue weighted by Crippen LogP contribution is -2.48. The van der Waals surface area contributed by atoms with Gasteiger partial charge in [-0.25, -0.2) is 4.98 Å². The van der Waals surface area contributed by atoms with E-state index in [1.807, 2.05) is 72.8 Å². The number of amides is 1. The summed E-state index contributed by atoms with van der Waals surface area (Å²) >= 11 is 0. The van der Waals surface area contributed by atoms with Crippen molar-refractivity contribution in [1.29, 1.82) is 0 Å². The molecule has 1 saturated heterocycles. The normalized spacial score (nSPS) is 14.5. The molecule has 4 aromatic rings. The van der Waals surface area contributed by atoms with Crippen molar-refractivity contribution in [2.75, 3.05) is 45.2 Å². The van der Waals surface area contributed by atoms with E-state index in [9.17, 15) is 4.79 Å². The van der Waals surface area contributed by atoms with Crippen LogP contribution >= 0.6 is 0 Å². The van der Waals surface area contributed by atoms with Crippen molar-refractivity contribution in [2.45, 2.75) is 6.54 Å². The lowest BCUT2D eigenvalue weighted by Gasteiger charge is -2.33. The molecular formula is C29H30N4O3. The lowest BCUT2D eigenvalue weighted by molar-refractivity contribution is -0.117. The van der Waals surface area contributed by atoms with Gasteiger partial charge in [0.25, 0.3) is 0 Å². The number of methoxy groups -OCH3 is 1. The maximum absolute atomic E-state index is 12.5. The molecule has 1 amide bonds. The SMILES string of the molecule is COc1ccc(NC(=O)CN2CCN(Cc3nc(-c4ccccc4)c(-c4ccccc4)o3)CC2)cc1. The Labute approximate surface area is 211 Å². The van der Waals surface area contributed by atoms with Gasteiger partial charge in [-0.15, -0.1) is 0 Å². The molecule has 5 rings (SSSR count). The van der Waals surface area contributed by atoms with Crippen molar-refractivity contribution in [2.24, 2.45) is 0 Å². The van der Waals surface area contributed by atoms with Gasteiger partial charge in [0.05, 0.1) is 20.2 Å². The largest absolute Gasteiger partial charge is 0.497 e. The van der Waals surface area contributed by atoms with E-state index in [0.29, 0.717) is 19.0 Å². The number of ether oxygens (including phenoxy) is 1. The van der Waals surface area contributed by atoms with Crippen LogP contribution in [-0.4, -0.2) is 60.5 Å². The van der Waals surface area contributed by atoms with Crippen LogP contribution in [0.5, 0.6) is 5.75 Å². The highest BCUT2D eigenvalue weighted by atomic mass is 16.5. The average Bonchev–Trinajstić information content (AvgIpc) is 3.35. The van der Waals surface area contributed by atoms with Crippen LogP contribution in [-0.2, 0) is 11.3 Å². The Morgan fingerprint density at radius 1 is 0.861 bits per heavy atom. The minimum atomic E-state index is -0.0127. The van der Waals surface area contributed by atoms with Crippen LogP contribution in [0.3, 0.4) is 0 Å². The monoisotopic (exact) mass is 482 g/mol. The van der Waals surface area contributed by atoms with Crippen molar-refractivity contribution in [3.63, 3.8) is 0 Å². The maximum Gasteiger partial charge on any atom is 0.238 e. The molecule has 0 bridgehead atoms. The van der Waals surface area contributed by atoms with Gasteiger partial charge in [-0.2, -0.15) is 0 Å². The summed E-state index contributed by atoms with van der Waals surface area (Å²) in [5.41, 5.74) is 3.69. The van der Waals surface area contributed by atoms with Gasteiger partial charge in [-0.1, -0.05) is 60.7 Å². The van der Waals surface area contributed by atoms with Crippen molar-refractivity contribution < 1.29 is 13.9 Å². The van der Waals surface area contributed by atoms with E-state index in [-0.39, 0.29) is 5.91 Å². The second-order valence-corrected chi connectivity index (χ2v) is 8.85. The van der Waals surface area contributed by atoms with E-state index in [2.05, 4.69) is 27.2 Å². The van der Waals surface area contributed by atoms with Gasteiger partial charge in [-0.3, -0.25) is 14.6 Å². The van der Waals surface area contributed by atoms with Gasteiger partial charge in [0.1, 0.15) is 11.4 Å². The van der Waals surface area contributed by atoms with E-state index >= 15 is 0 Å². The third-order valence-electron chi connectivity index (χ3n) is 6.32. The molecule has 1 N–H and O–H groups in total. The number of hydrogen-bond acceptors (Lipinski definition) is 6. The number of nitrogens with zero attached hydrogens (tertiary/aromatic N) is 3. The minimum Gasteiger partial charge on any atom is -0.497 e. The molecule has 0 radical (unpaired) electrons. The highest BCUT2D eigenvalue weighted by Gasteiger charge is 2.22. The highest BCUT2D eigenvalue weighted by Crippen LogP contribution is 2.33. The Morgan fingerprint density at radius 3 is 2.11 bits per heavy atom. The Hall–Kier alpha value is -3.94. The number of anilines is 1. The Morgan fingerprint density at radius 2 is 1.47 bits per heavy atom. The lowest BCUT2D eigenvalue weighted by atomic mass is 10.1. The zero-order chi connectivity index (χ0) is 24.7. The summed E-state index contributed by atoms with van der Waals surface area (Å²) in [4.78, 5) is 21.9. The van der Waals surface area contributed by atoms with Gasteiger partial charge in [-0.05, 0) is 24.3 Å². The van der Waals surface area contributed by atoms with Gasteiger partial charge < -0.3 is 14.5 Å². The average molecular weight is 483 g/mol. The number of carbonyl (C=O) groups is 1. The smallest absolute Gasteiger partial charge is 0.238 e. The van der Waals surface area contributed by atoms with E-state index < -0.39 is 0 Å². The number of hydrogen-bond donors (Lipinski definition) is 1. The fraction of sp³-hybridized carbons (Fsp3) is 0.241. The second-order valence-electron chi connectivity index (χ2n) is 8.85. The third-order valence-corrected chi connectivity index (χ3v) is 6.32. The Balaban J connectivity index is 1.19. The van der Waals surface area contributed by atoms with E-state index in [1.165, 1.54) is 0 Å². The van der Waals surface area contributed by atoms with Crippen molar-refractivity contribution in [3.8, 4) is 28.3 Å². The molecule has 0 aliphatic carbocycles. The Bertz CT molecular complexity index is 1210. The van der Waals surface area contributed by atoms with Crippen LogP contribution in [0.15, 0.2) is 89.3 Å². The van der Waals surface area contributed by atoms with Crippen LogP contribution in [0.4, 0.5) is 5.69 Å². The molecule has 36 heavy (non-hydrogen) atoms. The minimum absolute atomic E-state index is 0.0127. The molecule has 1 aromatic heterocycles. The van der Waals surface area contributed by atoms with Gasteiger partial charge in [0.2, 0.25) is 11.8 Å². The summed E-state index contributed by atoms with van der Waals surface area (Å²) in [6.45, 7) is 4.33. The molecule has 2 heterocycles. The molecule has 1 aliphatic heterocycles. The van der Waals surface area contributed by atoms with Crippen LogP contribution in [0.1, 0.15) is 5.89 Å². The van der Waals surface area contributed by atoms with Crippen LogP contribution in [0, 0.1) is 0 Å². The van der Waals surface area contributed by atoms with Crippen LogP contribution in [0.2, 0.25) is 0 Å². The molecule has 0 atom stereocenters. The number of aromatic nitrogens is 1. The van der Waals surface area contributed by atoms with E-state index in [4.69, 9.17) is 14.1 Å². The van der Waals surface area contributed by atoms with Crippen molar-refractivity contribution in [3.05, 3.63) is 90.8 Å². The molecule has 7 heteroatoms. The first-order chi connectivity index (χ1) is 17.7. The molecule has 184 valence electrons. The van der Waals surface area contributed by atoms with Crippen LogP contribution < -0.4 is 10.1 Å². The fourth-order valence-corrected chi connectivity index (χ4v) is 4.38. The van der Waals surface area contributed by atoms with E-state index in [0.717, 1.165) is 60.2 Å². The van der Waals surface area contributed by atoms with Crippen molar-refractivity contribution >= 4 is 11.6 Å². The zero-order valence-electron chi connectivity index (χ0n) is 20.4. The number of oxazole rings is 1.